The van der Waals surface area contributed by atoms with Gasteiger partial charge in [-0.15, -0.1) is 0 Å². The van der Waals surface area contributed by atoms with Crippen LogP contribution in [0.2, 0.25) is 5.02 Å². The summed E-state index contributed by atoms with van der Waals surface area (Å²) in [6.07, 6.45) is 0. The Morgan fingerprint density at radius 3 is 2.13 bits per heavy atom. The van der Waals surface area contributed by atoms with Gasteiger partial charge in [0.1, 0.15) is 0 Å². The molecule has 0 radical (unpaired) electrons. The van der Waals surface area contributed by atoms with Crippen LogP contribution in [-0.2, 0) is 6.54 Å². The molecule has 1 heterocycles. The Bertz CT molecular complexity index is 1200. The summed E-state index contributed by atoms with van der Waals surface area (Å²) in [5, 5.41) is 3.50. The van der Waals surface area contributed by atoms with Crippen molar-refractivity contribution in [1.29, 1.82) is 0 Å². The summed E-state index contributed by atoms with van der Waals surface area (Å²) in [4.78, 5) is 42.0. The third-order valence-electron chi connectivity index (χ3n) is 5.71. The molecule has 2 aliphatic rings. The average molecular weight is 417 g/mol. The summed E-state index contributed by atoms with van der Waals surface area (Å²) in [6.45, 7) is 2.08. The zero-order chi connectivity index (χ0) is 21.0. The first-order valence-electron chi connectivity index (χ1n) is 9.56. The van der Waals surface area contributed by atoms with Crippen LogP contribution in [0, 0.1) is 6.92 Å². The zero-order valence-corrected chi connectivity index (χ0v) is 16.9. The molecular formula is C24H17ClN2O3. The number of carbonyl (C=O) groups excluding carboxylic acids is 3. The van der Waals surface area contributed by atoms with Gasteiger partial charge in [0.15, 0.2) is 0 Å². The van der Waals surface area contributed by atoms with E-state index in [1.807, 2.05) is 31.2 Å². The molecule has 1 aliphatic heterocycles. The molecule has 3 aromatic carbocycles. The van der Waals surface area contributed by atoms with Crippen LogP contribution in [0.1, 0.15) is 42.2 Å². The molecule has 1 N–H and O–H groups in total. The van der Waals surface area contributed by atoms with Crippen LogP contribution in [-0.4, -0.2) is 28.0 Å². The summed E-state index contributed by atoms with van der Waals surface area (Å²) >= 11 is 6.13. The first-order chi connectivity index (χ1) is 14.4. The van der Waals surface area contributed by atoms with Gasteiger partial charge >= 0.3 is 0 Å². The highest BCUT2D eigenvalue weighted by molar-refractivity contribution is 6.36. The van der Waals surface area contributed by atoms with Gasteiger partial charge in [0.25, 0.3) is 5.91 Å². The zero-order valence-electron chi connectivity index (χ0n) is 16.1. The highest BCUT2D eigenvalue weighted by atomic mass is 35.5. The smallest absolute Gasteiger partial charge is 0.258 e. The van der Waals surface area contributed by atoms with Crippen LogP contribution in [0.25, 0.3) is 0 Å². The van der Waals surface area contributed by atoms with Crippen LogP contribution in [0.15, 0.2) is 66.7 Å². The van der Waals surface area contributed by atoms with E-state index in [-0.39, 0.29) is 6.54 Å². The maximum absolute atomic E-state index is 13.6. The number of aryl methyl sites for hydroxylation is 1. The molecule has 30 heavy (non-hydrogen) atoms. The second-order valence-corrected chi connectivity index (χ2v) is 8.04. The van der Waals surface area contributed by atoms with E-state index in [1.54, 1.807) is 42.5 Å². The van der Waals surface area contributed by atoms with Crippen LogP contribution in [0.5, 0.6) is 0 Å². The Balaban J connectivity index is 1.70. The van der Waals surface area contributed by atoms with Gasteiger partial charge in [-0.25, -0.2) is 0 Å². The number of ketones is 2. The maximum atomic E-state index is 13.6. The fourth-order valence-corrected chi connectivity index (χ4v) is 4.34. The molecule has 0 aromatic heterocycles. The Hall–Kier alpha value is -3.44. The predicted octanol–water partition coefficient (Wildman–Crippen LogP) is 4.49. The van der Waals surface area contributed by atoms with Crippen molar-refractivity contribution in [3.63, 3.8) is 0 Å². The lowest BCUT2D eigenvalue weighted by Gasteiger charge is -2.43. The van der Waals surface area contributed by atoms with Crippen molar-refractivity contribution in [1.82, 2.24) is 4.90 Å². The number of halogens is 1. The number of anilines is 1. The van der Waals surface area contributed by atoms with E-state index in [9.17, 15) is 14.4 Å². The molecular weight excluding hydrogens is 400 g/mol. The molecule has 3 aromatic rings. The molecule has 0 saturated heterocycles. The molecule has 0 unspecified atom stereocenters. The molecule has 0 saturated carbocycles. The minimum Gasteiger partial charge on any atom is -0.349 e. The van der Waals surface area contributed by atoms with Crippen molar-refractivity contribution < 1.29 is 14.4 Å². The third kappa shape index (κ3) is 2.52. The van der Waals surface area contributed by atoms with Gasteiger partial charge in [-0.2, -0.15) is 0 Å². The van der Waals surface area contributed by atoms with E-state index in [4.69, 9.17) is 11.6 Å². The minimum absolute atomic E-state index is 0.111. The molecule has 0 fully saturated rings. The number of benzene rings is 3. The number of Topliss-reactive ketones (excluding diaryl/α,β-unsaturated/α-hetero) is 2. The lowest BCUT2D eigenvalue weighted by molar-refractivity contribution is 0.0405. The molecule has 0 atom stereocenters. The topological polar surface area (TPSA) is 66.5 Å². The summed E-state index contributed by atoms with van der Waals surface area (Å²) in [6, 6.07) is 19.1. The average Bonchev–Trinajstić information content (AvgIpc) is 2.95. The first-order valence-corrected chi connectivity index (χ1v) is 9.93. The quantitative estimate of drug-likeness (QED) is 0.625. The van der Waals surface area contributed by atoms with Gasteiger partial charge in [0.05, 0.1) is 11.3 Å². The number of nitrogens with zero attached hydrogens (tertiary/aromatic N) is 1. The number of fused-ring (bicyclic) bond motifs is 2. The highest BCUT2D eigenvalue weighted by Crippen LogP contribution is 2.42. The predicted molar refractivity (Wildman–Crippen MR) is 114 cm³/mol. The molecule has 1 aliphatic carbocycles. The van der Waals surface area contributed by atoms with Gasteiger partial charge in [-0.1, -0.05) is 65.7 Å². The van der Waals surface area contributed by atoms with Crippen molar-refractivity contribution in [3.8, 4) is 0 Å². The lowest BCUT2D eigenvalue weighted by Crippen LogP contribution is -2.66. The number of carbonyl (C=O) groups is 3. The number of hydrogen-bond donors (Lipinski definition) is 1. The Kier molecular flexibility index (Phi) is 4.05. The number of amides is 1. The molecule has 1 spiro atoms. The molecule has 1 amide bonds. The summed E-state index contributed by atoms with van der Waals surface area (Å²) in [7, 11) is 0. The Morgan fingerprint density at radius 1 is 0.867 bits per heavy atom. The molecule has 5 nitrogen and oxygen atoms in total. The second kappa shape index (κ2) is 6.54. The van der Waals surface area contributed by atoms with Gasteiger partial charge in [-0.3, -0.25) is 19.3 Å². The molecule has 5 rings (SSSR count). The lowest BCUT2D eigenvalue weighted by atomic mass is 9.93. The van der Waals surface area contributed by atoms with E-state index in [1.165, 1.54) is 4.90 Å². The minimum atomic E-state index is -1.83. The van der Waals surface area contributed by atoms with Gasteiger partial charge in [-0.05, 0) is 30.7 Å². The fraction of sp³-hybridized carbons (Fsp3) is 0.125. The van der Waals surface area contributed by atoms with E-state index in [0.717, 1.165) is 11.1 Å². The maximum Gasteiger partial charge on any atom is 0.258 e. The van der Waals surface area contributed by atoms with Crippen LogP contribution in [0.3, 0.4) is 0 Å². The second-order valence-electron chi connectivity index (χ2n) is 7.61. The van der Waals surface area contributed by atoms with E-state index in [0.29, 0.717) is 27.4 Å². The molecule has 6 heteroatoms. The Morgan fingerprint density at radius 2 is 1.50 bits per heavy atom. The fourth-order valence-electron chi connectivity index (χ4n) is 4.16. The Labute approximate surface area is 178 Å². The summed E-state index contributed by atoms with van der Waals surface area (Å²) in [5.41, 5.74) is 1.44. The third-order valence-corrected chi connectivity index (χ3v) is 5.95. The van der Waals surface area contributed by atoms with Crippen LogP contribution < -0.4 is 5.32 Å². The van der Waals surface area contributed by atoms with Gasteiger partial charge in [0, 0.05) is 22.7 Å². The SMILES string of the molecule is Cc1ccc(CN2C(=O)c3ccc(Cl)cc3NC23C(=O)c2ccccc2C3=O)cc1. The largest absolute Gasteiger partial charge is 0.349 e. The van der Waals surface area contributed by atoms with Gasteiger partial charge < -0.3 is 5.32 Å². The van der Waals surface area contributed by atoms with Crippen molar-refractivity contribution in [2.24, 2.45) is 0 Å². The van der Waals surface area contributed by atoms with E-state index >= 15 is 0 Å². The highest BCUT2D eigenvalue weighted by Gasteiger charge is 2.60. The van der Waals surface area contributed by atoms with Crippen molar-refractivity contribution in [2.75, 3.05) is 5.32 Å². The van der Waals surface area contributed by atoms with Crippen molar-refractivity contribution in [3.05, 3.63) is 99.6 Å². The standard InChI is InChI=1S/C24H17ClN2O3/c1-14-6-8-15(9-7-14)13-27-23(30)19-11-10-16(25)12-20(19)26-24(27)21(28)17-4-2-3-5-18(17)22(24)29/h2-12,26H,13H2,1H3. The van der Waals surface area contributed by atoms with E-state index in [2.05, 4.69) is 5.32 Å². The molecule has 148 valence electrons. The van der Waals surface area contributed by atoms with Crippen LogP contribution >= 0.6 is 11.6 Å². The number of hydrogen-bond acceptors (Lipinski definition) is 4. The monoisotopic (exact) mass is 416 g/mol. The van der Waals surface area contributed by atoms with Crippen LogP contribution in [0.4, 0.5) is 5.69 Å². The summed E-state index contributed by atoms with van der Waals surface area (Å²) < 4.78 is 0. The number of rotatable bonds is 2. The van der Waals surface area contributed by atoms with E-state index < -0.39 is 23.1 Å². The van der Waals surface area contributed by atoms with Crippen molar-refractivity contribution >= 4 is 34.8 Å². The summed E-state index contributed by atoms with van der Waals surface area (Å²) in [5.74, 6) is -1.26. The normalized spacial score (nSPS) is 16.5. The first kappa shape index (κ1) is 18.6. The van der Waals surface area contributed by atoms with Gasteiger partial charge in [0.2, 0.25) is 17.2 Å². The van der Waals surface area contributed by atoms with Crippen molar-refractivity contribution in [2.45, 2.75) is 19.1 Å². The number of nitrogens with one attached hydrogen (secondary N) is 1. The molecule has 0 bridgehead atoms.